The molecule has 9 heteroatoms. The fraction of sp³-hybridized carbons (Fsp3) is 0.231. The highest BCUT2D eigenvalue weighted by Crippen LogP contribution is 2.19. The van der Waals surface area contributed by atoms with Crippen molar-refractivity contribution in [3.05, 3.63) is 168 Å². The van der Waals surface area contributed by atoms with Crippen LogP contribution in [0.5, 0.6) is 0 Å². The van der Waals surface area contributed by atoms with Gasteiger partial charge in [-0.25, -0.2) is 9.59 Å². The van der Waals surface area contributed by atoms with Gasteiger partial charge in [0, 0.05) is 0 Å². The van der Waals surface area contributed by atoms with Crippen LogP contribution >= 0.6 is 0 Å². The maximum Gasteiger partial charge on any atom is 0.412 e. The van der Waals surface area contributed by atoms with Crippen LogP contribution in [0, 0.1) is 0 Å². The van der Waals surface area contributed by atoms with Crippen molar-refractivity contribution in [2.24, 2.45) is 0 Å². The third-order valence-corrected chi connectivity index (χ3v) is 7.01. The Kier molecular flexibility index (Phi) is 15.1. The average Bonchev–Trinajstić information content (AvgIpc) is 3.13. The molecule has 3 atom stereocenters. The van der Waals surface area contributed by atoms with Crippen molar-refractivity contribution in [2.75, 3.05) is 13.2 Å². The second kappa shape index (κ2) is 20.2. The van der Waals surface area contributed by atoms with Crippen molar-refractivity contribution in [2.45, 2.75) is 44.7 Å². The number of ether oxygens (including phenoxy) is 5. The van der Waals surface area contributed by atoms with E-state index < -0.39 is 30.4 Å². The van der Waals surface area contributed by atoms with Crippen LogP contribution in [0.4, 0.5) is 4.79 Å². The summed E-state index contributed by atoms with van der Waals surface area (Å²) in [6.07, 6.45) is -1.42. The van der Waals surface area contributed by atoms with Crippen molar-refractivity contribution in [3.63, 3.8) is 0 Å². The van der Waals surface area contributed by atoms with Crippen LogP contribution < -0.4 is 5.32 Å². The van der Waals surface area contributed by atoms with E-state index in [1.54, 1.807) is 0 Å². The van der Waals surface area contributed by atoms with E-state index >= 15 is 0 Å². The summed E-state index contributed by atoms with van der Waals surface area (Å²) in [4.78, 5) is 26.1. The molecule has 0 saturated heterocycles. The molecule has 2 N–H and O–H groups in total. The average molecular weight is 652 g/mol. The minimum atomic E-state index is -1.20. The lowest BCUT2D eigenvalue weighted by Gasteiger charge is -2.30. The van der Waals surface area contributed by atoms with Crippen molar-refractivity contribution in [3.8, 4) is 0 Å². The maximum absolute atomic E-state index is 13.2. The summed E-state index contributed by atoms with van der Waals surface area (Å²) in [5.41, 5.74) is 3.16. The largest absolute Gasteiger partial charge is 0.457 e. The van der Waals surface area contributed by atoms with E-state index in [1.165, 1.54) is 12.2 Å². The van der Waals surface area contributed by atoms with E-state index in [2.05, 4.69) is 11.9 Å². The first-order valence-corrected chi connectivity index (χ1v) is 15.6. The number of aliphatic hydroxyl groups excluding tert-OH is 1. The van der Waals surface area contributed by atoms with E-state index in [1.807, 2.05) is 121 Å². The molecule has 48 heavy (non-hydrogen) atoms. The van der Waals surface area contributed by atoms with E-state index in [0.717, 1.165) is 22.3 Å². The second-order valence-electron chi connectivity index (χ2n) is 10.7. The summed E-state index contributed by atoms with van der Waals surface area (Å²) >= 11 is 0. The molecule has 0 bridgehead atoms. The number of hydrogen-bond acceptors (Lipinski definition) is 8. The summed E-state index contributed by atoms with van der Waals surface area (Å²) in [6, 6.07) is 37.6. The van der Waals surface area contributed by atoms with Gasteiger partial charge in [-0.3, -0.25) is 5.32 Å². The molecular weight excluding hydrogens is 610 g/mol. The molecule has 0 heterocycles. The fourth-order valence-corrected chi connectivity index (χ4v) is 4.57. The van der Waals surface area contributed by atoms with Crippen LogP contribution in [-0.4, -0.2) is 48.7 Å². The van der Waals surface area contributed by atoms with Gasteiger partial charge in [0.15, 0.2) is 0 Å². The van der Waals surface area contributed by atoms with Crippen LogP contribution in [0.2, 0.25) is 0 Å². The number of aliphatic hydroxyl groups is 1. The van der Waals surface area contributed by atoms with Crippen LogP contribution in [0.25, 0.3) is 0 Å². The number of carbonyl (C=O) groups excluding carboxylic acids is 2. The lowest BCUT2D eigenvalue weighted by molar-refractivity contribution is -0.140. The van der Waals surface area contributed by atoms with E-state index in [4.69, 9.17) is 23.7 Å². The van der Waals surface area contributed by atoms with E-state index in [0.29, 0.717) is 0 Å². The normalized spacial score (nSPS) is 13.1. The molecule has 0 saturated carbocycles. The molecule has 0 aliphatic heterocycles. The van der Waals surface area contributed by atoms with Gasteiger partial charge in [-0.15, -0.1) is 0 Å². The number of alkyl carbamates (subject to hydrolysis) is 1. The lowest BCUT2D eigenvalue weighted by Crippen LogP contribution is -2.44. The third-order valence-electron chi connectivity index (χ3n) is 7.01. The molecule has 0 spiro atoms. The minimum absolute atomic E-state index is 0.0180. The molecule has 0 aliphatic carbocycles. The highest BCUT2D eigenvalue weighted by atomic mass is 16.6. The minimum Gasteiger partial charge on any atom is -0.457 e. The highest BCUT2D eigenvalue weighted by Gasteiger charge is 2.32. The van der Waals surface area contributed by atoms with Gasteiger partial charge < -0.3 is 28.8 Å². The summed E-state index contributed by atoms with van der Waals surface area (Å²) in [5, 5.41) is 14.0. The standard InChI is InChI=1S/C39H41NO8/c1-2-23-45-38(42)34(40-39(43)48-28-33-21-13-6-14-22-33)24-36(46-26-31-17-9-4-10-18-31)37(47-27-32-19-11-5-12-20-32)35(41)29-44-25-30-15-7-3-8-16-30/h2-22,24,35-37,41H,1,23,25-29H2,(H,40,43)/b34-24+/t35-,36-,37-/m1/s1. The first-order chi connectivity index (χ1) is 23.5. The zero-order chi connectivity index (χ0) is 33.8. The zero-order valence-corrected chi connectivity index (χ0v) is 26.7. The van der Waals surface area contributed by atoms with Crippen LogP contribution in [0.15, 0.2) is 146 Å². The summed E-state index contributed by atoms with van der Waals surface area (Å²) in [5.74, 6) is -0.850. The quantitative estimate of drug-likeness (QED) is 0.0693. The number of carbonyl (C=O) groups is 2. The van der Waals surface area contributed by atoms with Crippen molar-refractivity contribution < 1.29 is 38.4 Å². The van der Waals surface area contributed by atoms with Gasteiger partial charge >= 0.3 is 12.1 Å². The molecule has 4 rings (SSSR count). The predicted octanol–water partition coefficient (Wildman–Crippen LogP) is 6.27. The summed E-state index contributed by atoms with van der Waals surface area (Å²) in [7, 11) is 0. The molecule has 4 aromatic carbocycles. The van der Waals surface area contributed by atoms with Crippen molar-refractivity contribution in [1.29, 1.82) is 0 Å². The van der Waals surface area contributed by atoms with Gasteiger partial charge in [0.1, 0.15) is 37.2 Å². The lowest BCUT2D eigenvalue weighted by atomic mass is 10.1. The molecule has 0 fully saturated rings. The smallest absolute Gasteiger partial charge is 0.412 e. The SMILES string of the molecule is C=CCOC(=O)/C(=C\[C@@H](OCc1ccccc1)[C@H](OCc1ccccc1)[C@H](O)COCc1ccccc1)NC(=O)OCc1ccccc1. The number of hydrogen-bond donors (Lipinski definition) is 2. The van der Waals surface area contributed by atoms with Gasteiger partial charge in [0.2, 0.25) is 0 Å². The Balaban J connectivity index is 1.62. The fourth-order valence-electron chi connectivity index (χ4n) is 4.57. The second-order valence-corrected chi connectivity index (χ2v) is 10.7. The number of nitrogens with one attached hydrogen (secondary N) is 1. The molecule has 0 aliphatic rings. The van der Waals surface area contributed by atoms with Crippen LogP contribution in [0.3, 0.4) is 0 Å². The Morgan fingerprint density at radius 1 is 0.667 bits per heavy atom. The number of rotatable bonds is 19. The Morgan fingerprint density at radius 3 is 1.67 bits per heavy atom. The monoisotopic (exact) mass is 651 g/mol. The third kappa shape index (κ3) is 12.6. The molecule has 250 valence electrons. The maximum atomic E-state index is 13.2. The van der Waals surface area contributed by atoms with Gasteiger partial charge in [0.05, 0.1) is 26.4 Å². The molecular formula is C39H41NO8. The highest BCUT2D eigenvalue weighted by molar-refractivity contribution is 5.92. The Labute approximate surface area is 281 Å². The topological polar surface area (TPSA) is 113 Å². The predicted molar refractivity (Wildman–Crippen MR) is 181 cm³/mol. The van der Waals surface area contributed by atoms with Crippen molar-refractivity contribution in [1.82, 2.24) is 5.32 Å². The van der Waals surface area contributed by atoms with Gasteiger partial charge in [-0.1, -0.05) is 134 Å². The molecule has 9 nitrogen and oxygen atoms in total. The van der Waals surface area contributed by atoms with Crippen LogP contribution in [-0.2, 0) is 54.9 Å². The number of benzene rings is 4. The Hall–Kier alpha value is -5.06. The zero-order valence-electron chi connectivity index (χ0n) is 26.7. The molecule has 4 aromatic rings. The molecule has 1 amide bonds. The Bertz CT molecular complexity index is 1550. The van der Waals surface area contributed by atoms with Crippen molar-refractivity contribution >= 4 is 12.1 Å². The van der Waals surface area contributed by atoms with E-state index in [9.17, 15) is 14.7 Å². The number of amides is 1. The Morgan fingerprint density at radius 2 is 1.15 bits per heavy atom. The van der Waals surface area contributed by atoms with Gasteiger partial charge in [-0.05, 0) is 28.3 Å². The molecule has 0 radical (unpaired) electrons. The van der Waals surface area contributed by atoms with Gasteiger partial charge in [-0.2, -0.15) is 0 Å². The van der Waals surface area contributed by atoms with Crippen LogP contribution in [0.1, 0.15) is 22.3 Å². The number of esters is 1. The first kappa shape index (κ1) is 35.8. The van der Waals surface area contributed by atoms with Gasteiger partial charge in [0.25, 0.3) is 0 Å². The van der Waals surface area contributed by atoms with E-state index in [-0.39, 0.29) is 45.3 Å². The first-order valence-electron chi connectivity index (χ1n) is 15.6. The molecule has 0 unspecified atom stereocenters. The molecule has 0 aromatic heterocycles. The summed E-state index contributed by atoms with van der Waals surface area (Å²) < 4.78 is 29.2. The summed E-state index contributed by atoms with van der Waals surface area (Å²) in [6.45, 7) is 3.88.